The van der Waals surface area contributed by atoms with Gasteiger partial charge in [-0.25, -0.2) is 0 Å². The number of ether oxygens (including phenoxy) is 2. The molecule has 0 atom stereocenters. The summed E-state index contributed by atoms with van der Waals surface area (Å²) in [6.07, 6.45) is 0. The number of carbonyl (C=O) groups is 1. The summed E-state index contributed by atoms with van der Waals surface area (Å²) in [6.45, 7) is 4.00. The van der Waals surface area contributed by atoms with Crippen LogP contribution in [0.2, 0.25) is 0 Å². The van der Waals surface area contributed by atoms with Crippen LogP contribution in [0.15, 0.2) is 53.7 Å². The Balaban J connectivity index is 1.52. The number of rotatable bonds is 7. The molecule has 1 N–H and O–H groups in total. The highest BCUT2D eigenvalue weighted by Crippen LogP contribution is 2.31. The third kappa shape index (κ3) is 4.52. The Hall–Kier alpha value is -3.59. The number of methoxy groups -OCH3 is 2. The van der Waals surface area contributed by atoms with Crippen molar-refractivity contribution in [2.24, 2.45) is 0 Å². The smallest absolute Gasteiger partial charge is 0.234 e. The van der Waals surface area contributed by atoms with Crippen LogP contribution in [-0.2, 0) is 4.79 Å². The van der Waals surface area contributed by atoms with Crippen LogP contribution in [0.1, 0.15) is 11.1 Å². The number of carbonyl (C=O) groups excluding carboxylic acids is 1. The standard InChI is InChI=1S/C23H23N5O3S/c1-14-5-7-17(15(2)11-14)24-22(29)13-32-23-26-25-21-10-8-18(27-28(21)23)16-6-9-19(30-3)20(12-16)31-4/h5-12H,13H2,1-4H3,(H,24,29). The number of nitrogens with one attached hydrogen (secondary N) is 1. The minimum atomic E-state index is -0.116. The van der Waals surface area contributed by atoms with Crippen LogP contribution in [0.5, 0.6) is 11.5 Å². The average Bonchev–Trinajstić information content (AvgIpc) is 3.21. The minimum absolute atomic E-state index is 0.116. The van der Waals surface area contributed by atoms with Crippen molar-refractivity contribution < 1.29 is 14.3 Å². The highest BCUT2D eigenvalue weighted by Gasteiger charge is 2.13. The Kier molecular flexibility index (Phi) is 6.27. The summed E-state index contributed by atoms with van der Waals surface area (Å²) in [7, 11) is 3.19. The van der Waals surface area contributed by atoms with Gasteiger partial charge in [0.05, 0.1) is 25.7 Å². The van der Waals surface area contributed by atoms with Gasteiger partial charge in [0.25, 0.3) is 0 Å². The van der Waals surface area contributed by atoms with E-state index in [4.69, 9.17) is 9.47 Å². The molecule has 8 nitrogen and oxygen atoms in total. The first-order chi connectivity index (χ1) is 15.5. The maximum atomic E-state index is 12.5. The molecule has 0 saturated carbocycles. The van der Waals surface area contributed by atoms with E-state index in [1.54, 1.807) is 18.7 Å². The Morgan fingerprint density at radius 1 is 1.00 bits per heavy atom. The predicted molar refractivity (Wildman–Crippen MR) is 125 cm³/mol. The van der Waals surface area contributed by atoms with Crippen LogP contribution in [0, 0.1) is 13.8 Å². The van der Waals surface area contributed by atoms with Crippen molar-refractivity contribution in [3.8, 4) is 22.8 Å². The first-order valence-corrected chi connectivity index (χ1v) is 10.9. The Morgan fingerprint density at radius 2 is 1.81 bits per heavy atom. The lowest BCUT2D eigenvalue weighted by Crippen LogP contribution is -2.15. The number of aryl methyl sites for hydroxylation is 2. The first-order valence-electron chi connectivity index (χ1n) is 9.93. The minimum Gasteiger partial charge on any atom is -0.493 e. The van der Waals surface area contributed by atoms with Gasteiger partial charge in [-0.2, -0.15) is 9.61 Å². The first kappa shape index (κ1) is 21.6. The third-order valence-electron chi connectivity index (χ3n) is 4.90. The molecular weight excluding hydrogens is 426 g/mol. The van der Waals surface area contributed by atoms with Gasteiger partial charge in [-0.3, -0.25) is 4.79 Å². The number of thioether (sulfide) groups is 1. The maximum absolute atomic E-state index is 12.5. The van der Waals surface area contributed by atoms with E-state index in [9.17, 15) is 4.79 Å². The number of amides is 1. The van der Waals surface area contributed by atoms with E-state index in [1.807, 2.05) is 62.4 Å². The second-order valence-corrected chi connectivity index (χ2v) is 8.14. The number of aromatic nitrogens is 4. The van der Waals surface area contributed by atoms with E-state index in [2.05, 4.69) is 20.6 Å². The monoisotopic (exact) mass is 449 g/mol. The second kappa shape index (κ2) is 9.27. The lowest BCUT2D eigenvalue weighted by Gasteiger charge is -2.10. The number of fused-ring (bicyclic) bond motifs is 1. The molecule has 0 bridgehead atoms. The fourth-order valence-corrected chi connectivity index (χ4v) is 3.97. The molecule has 2 aromatic heterocycles. The molecule has 32 heavy (non-hydrogen) atoms. The SMILES string of the molecule is COc1ccc(-c2ccc3nnc(SCC(=O)Nc4ccc(C)cc4C)n3n2)cc1OC. The van der Waals surface area contributed by atoms with Crippen LogP contribution in [0.25, 0.3) is 16.9 Å². The molecule has 0 unspecified atom stereocenters. The average molecular weight is 450 g/mol. The summed E-state index contributed by atoms with van der Waals surface area (Å²) < 4.78 is 12.3. The molecule has 0 saturated heterocycles. The summed E-state index contributed by atoms with van der Waals surface area (Å²) in [5.74, 6) is 1.34. The van der Waals surface area contributed by atoms with E-state index in [0.29, 0.717) is 22.3 Å². The van der Waals surface area contributed by atoms with Gasteiger partial charge in [-0.1, -0.05) is 29.5 Å². The molecule has 0 spiro atoms. The summed E-state index contributed by atoms with van der Waals surface area (Å²) in [5, 5.41) is 16.5. The highest BCUT2D eigenvalue weighted by molar-refractivity contribution is 7.99. The van der Waals surface area contributed by atoms with Crippen molar-refractivity contribution in [2.75, 3.05) is 25.3 Å². The molecule has 9 heteroatoms. The molecule has 0 radical (unpaired) electrons. The number of hydrogen-bond acceptors (Lipinski definition) is 7. The van der Waals surface area contributed by atoms with Gasteiger partial charge in [-0.15, -0.1) is 10.2 Å². The Morgan fingerprint density at radius 3 is 2.56 bits per heavy atom. The summed E-state index contributed by atoms with van der Waals surface area (Å²) in [5.41, 5.74) is 5.17. The van der Waals surface area contributed by atoms with Gasteiger partial charge < -0.3 is 14.8 Å². The fourth-order valence-electron chi connectivity index (χ4n) is 3.28. The number of anilines is 1. The van der Waals surface area contributed by atoms with Gasteiger partial charge >= 0.3 is 0 Å². The Labute approximate surface area is 190 Å². The van der Waals surface area contributed by atoms with Gasteiger partial charge in [0.15, 0.2) is 17.1 Å². The zero-order valence-corrected chi connectivity index (χ0v) is 19.1. The van der Waals surface area contributed by atoms with Crippen molar-refractivity contribution in [3.63, 3.8) is 0 Å². The van der Waals surface area contributed by atoms with Crippen LogP contribution < -0.4 is 14.8 Å². The Bertz CT molecular complexity index is 1290. The van der Waals surface area contributed by atoms with E-state index in [1.165, 1.54) is 11.8 Å². The quantitative estimate of drug-likeness (QED) is 0.424. The molecule has 0 fully saturated rings. The zero-order valence-electron chi connectivity index (χ0n) is 18.2. The van der Waals surface area contributed by atoms with Crippen LogP contribution in [0.3, 0.4) is 0 Å². The lowest BCUT2D eigenvalue weighted by molar-refractivity contribution is -0.113. The topological polar surface area (TPSA) is 90.6 Å². The van der Waals surface area contributed by atoms with Crippen molar-refractivity contribution in [2.45, 2.75) is 19.0 Å². The summed E-state index contributed by atoms with van der Waals surface area (Å²) >= 11 is 1.28. The van der Waals surface area contributed by atoms with E-state index < -0.39 is 0 Å². The molecule has 4 aromatic rings. The largest absolute Gasteiger partial charge is 0.493 e. The summed E-state index contributed by atoms with van der Waals surface area (Å²) in [4.78, 5) is 12.5. The molecule has 1 amide bonds. The molecule has 0 aliphatic heterocycles. The molecular formula is C23H23N5O3S. The number of hydrogen-bond donors (Lipinski definition) is 1. The van der Waals surface area contributed by atoms with E-state index in [0.717, 1.165) is 28.1 Å². The van der Waals surface area contributed by atoms with Gasteiger partial charge in [0.2, 0.25) is 11.1 Å². The second-order valence-electron chi connectivity index (χ2n) is 7.20. The van der Waals surface area contributed by atoms with Crippen molar-refractivity contribution in [1.29, 1.82) is 0 Å². The predicted octanol–water partition coefficient (Wildman–Crippen LogP) is 4.16. The third-order valence-corrected chi connectivity index (χ3v) is 5.82. The molecule has 4 rings (SSSR count). The van der Waals surface area contributed by atoms with Gasteiger partial charge in [0, 0.05) is 11.3 Å². The van der Waals surface area contributed by atoms with E-state index >= 15 is 0 Å². The van der Waals surface area contributed by atoms with Crippen LogP contribution in [-0.4, -0.2) is 45.7 Å². The van der Waals surface area contributed by atoms with Gasteiger partial charge in [-0.05, 0) is 55.8 Å². The van der Waals surface area contributed by atoms with Crippen molar-refractivity contribution >= 4 is 29.0 Å². The molecule has 2 heterocycles. The van der Waals surface area contributed by atoms with Crippen molar-refractivity contribution in [3.05, 3.63) is 59.7 Å². The normalized spacial score (nSPS) is 10.9. The molecule has 2 aromatic carbocycles. The van der Waals surface area contributed by atoms with Crippen molar-refractivity contribution in [1.82, 2.24) is 19.8 Å². The number of benzene rings is 2. The molecule has 164 valence electrons. The van der Waals surface area contributed by atoms with Crippen LogP contribution >= 0.6 is 11.8 Å². The van der Waals surface area contributed by atoms with Gasteiger partial charge in [0.1, 0.15) is 0 Å². The molecule has 0 aliphatic rings. The van der Waals surface area contributed by atoms with Crippen LogP contribution in [0.4, 0.5) is 5.69 Å². The lowest BCUT2D eigenvalue weighted by atomic mass is 10.1. The zero-order chi connectivity index (χ0) is 22.7. The number of nitrogens with zero attached hydrogens (tertiary/aromatic N) is 4. The highest BCUT2D eigenvalue weighted by atomic mass is 32.2. The molecule has 0 aliphatic carbocycles. The fraction of sp³-hybridized carbons (Fsp3) is 0.217. The summed E-state index contributed by atoms with van der Waals surface area (Å²) in [6, 6.07) is 15.2. The maximum Gasteiger partial charge on any atom is 0.234 e. The van der Waals surface area contributed by atoms with E-state index in [-0.39, 0.29) is 11.7 Å².